The minimum absolute atomic E-state index is 0.0427. The van der Waals surface area contributed by atoms with E-state index < -0.39 is 17.1 Å². The fraction of sp³-hybridized carbons (Fsp3) is 0.867. The molecule has 3 atom stereocenters. The largest absolute Gasteiger partial charge is 0.469 e. The molecule has 1 N–H and O–H groups in total. The third-order valence-electron chi connectivity index (χ3n) is 4.14. The summed E-state index contributed by atoms with van der Waals surface area (Å²) in [6.45, 7) is 9.51. The van der Waals surface area contributed by atoms with Gasteiger partial charge in [-0.1, -0.05) is 13.8 Å². The summed E-state index contributed by atoms with van der Waals surface area (Å²) in [7, 11) is 1.42. The van der Waals surface area contributed by atoms with Crippen LogP contribution in [0.25, 0.3) is 0 Å². The van der Waals surface area contributed by atoms with Crippen LogP contribution in [0.1, 0.15) is 53.9 Å². The molecule has 1 fully saturated rings. The van der Waals surface area contributed by atoms with Crippen molar-refractivity contribution >= 4 is 12.1 Å². The summed E-state index contributed by atoms with van der Waals surface area (Å²) < 4.78 is 10.2. The molecule has 0 aliphatic heterocycles. The zero-order valence-electron chi connectivity index (χ0n) is 13.4. The van der Waals surface area contributed by atoms with Gasteiger partial charge in [0.15, 0.2) is 0 Å². The average Bonchev–Trinajstić information content (AvgIpc) is 2.62. The molecule has 1 rings (SSSR count). The molecule has 0 radical (unpaired) electrons. The maximum atomic E-state index is 12.1. The van der Waals surface area contributed by atoms with Crippen LogP contribution in [0.3, 0.4) is 0 Å². The van der Waals surface area contributed by atoms with E-state index in [1.54, 1.807) is 0 Å². The molecule has 5 nitrogen and oxygen atoms in total. The molecular weight excluding hydrogens is 258 g/mol. The van der Waals surface area contributed by atoms with Crippen LogP contribution >= 0.6 is 0 Å². The molecule has 0 heterocycles. The molecule has 1 saturated carbocycles. The van der Waals surface area contributed by atoms with Crippen molar-refractivity contribution in [1.29, 1.82) is 0 Å². The van der Waals surface area contributed by atoms with Crippen LogP contribution < -0.4 is 5.32 Å². The number of ether oxygens (including phenoxy) is 2. The van der Waals surface area contributed by atoms with Crippen LogP contribution in [0.15, 0.2) is 0 Å². The molecule has 1 aliphatic carbocycles. The van der Waals surface area contributed by atoms with Gasteiger partial charge in [-0.2, -0.15) is 0 Å². The first-order valence-electron chi connectivity index (χ1n) is 7.22. The lowest BCUT2D eigenvalue weighted by atomic mass is 9.76. The van der Waals surface area contributed by atoms with Gasteiger partial charge in [-0.25, -0.2) is 4.79 Å². The Kier molecular flexibility index (Phi) is 5.05. The smallest absolute Gasteiger partial charge is 0.407 e. The fourth-order valence-electron chi connectivity index (χ4n) is 3.09. The van der Waals surface area contributed by atoms with Gasteiger partial charge in [-0.15, -0.1) is 0 Å². The van der Waals surface area contributed by atoms with Gasteiger partial charge < -0.3 is 14.8 Å². The van der Waals surface area contributed by atoms with Crippen molar-refractivity contribution in [2.45, 2.75) is 65.5 Å². The van der Waals surface area contributed by atoms with Gasteiger partial charge in [0.1, 0.15) is 5.60 Å². The van der Waals surface area contributed by atoms with Crippen LogP contribution in [0, 0.1) is 11.3 Å². The van der Waals surface area contributed by atoms with Crippen LogP contribution in [-0.4, -0.2) is 30.8 Å². The fourth-order valence-corrected chi connectivity index (χ4v) is 3.09. The highest BCUT2D eigenvalue weighted by Crippen LogP contribution is 2.46. The molecular formula is C15H27NO4. The van der Waals surface area contributed by atoms with E-state index in [2.05, 4.69) is 5.32 Å². The number of methoxy groups -OCH3 is 1. The Morgan fingerprint density at radius 1 is 1.35 bits per heavy atom. The number of rotatable bonds is 3. The van der Waals surface area contributed by atoms with Crippen molar-refractivity contribution in [1.82, 2.24) is 5.32 Å². The quantitative estimate of drug-likeness (QED) is 0.810. The van der Waals surface area contributed by atoms with Crippen molar-refractivity contribution < 1.29 is 19.1 Å². The minimum atomic E-state index is -0.515. The third kappa shape index (κ3) is 3.64. The minimum Gasteiger partial charge on any atom is -0.469 e. The van der Waals surface area contributed by atoms with Crippen molar-refractivity contribution in [2.24, 2.45) is 11.3 Å². The summed E-state index contributed by atoms with van der Waals surface area (Å²) in [6.07, 6.45) is 1.66. The lowest BCUT2D eigenvalue weighted by Crippen LogP contribution is -2.39. The van der Waals surface area contributed by atoms with Crippen molar-refractivity contribution in [2.75, 3.05) is 7.11 Å². The van der Waals surface area contributed by atoms with Gasteiger partial charge in [-0.05, 0) is 46.0 Å². The van der Waals surface area contributed by atoms with Crippen molar-refractivity contribution in [3.8, 4) is 0 Å². The predicted octanol–water partition coefficient (Wildman–Crippen LogP) is 2.88. The molecule has 0 saturated heterocycles. The summed E-state index contributed by atoms with van der Waals surface area (Å²) >= 11 is 0. The number of hydrogen-bond donors (Lipinski definition) is 1. The second-order valence-electron chi connectivity index (χ2n) is 6.69. The van der Waals surface area contributed by atoms with Crippen LogP contribution in [0.2, 0.25) is 0 Å². The zero-order chi connectivity index (χ0) is 15.6. The normalized spacial score (nSPS) is 29.9. The zero-order valence-corrected chi connectivity index (χ0v) is 13.4. The number of amides is 1. The van der Waals surface area contributed by atoms with E-state index in [-0.39, 0.29) is 17.9 Å². The Balaban J connectivity index is 2.69. The highest BCUT2D eigenvalue weighted by molar-refractivity contribution is 5.78. The van der Waals surface area contributed by atoms with E-state index in [1.165, 1.54) is 7.11 Å². The van der Waals surface area contributed by atoms with E-state index in [0.29, 0.717) is 12.8 Å². The second kappa shape index (κ2) is 6.02. The van der Waals surface area contributed by atoms with Gasteiger partial charge in [0.2, 0.25) is 0 Å². The Labute approximate surface area is 121 Å². The number of nitrogens with one attached hydrogen (secondary N) is 1. The number of hydrogen-bond acceptors (Lipinski definition) is 4. The van der Waals surface area contributed by atoms with E-state index in [1.807, 2.05) is 34.6 Å². The topological polar surface area (TPSA) is 64.6 Å². The Morgan fingerprint density at radius 3 is 2.40 bits per heavy atom. The average molecular weight is 285 g/mol. The van der Waals surface area contributed by atoms with Gasteiger partial charge in [-0.3, -0.25) is 4.79 Å². The molecule has 116 valence electrons. The first-order chi connectivity index (χ1) is 9.14. The second-order valence-corrected chi connectivity index (χ2v) is 6.69. The summed E-state index contributed by atoms with van der Waals surface area (Å²) in [5, 5.41) is 2.86. The number of alkyl carbamates (subject to hydrolysis) is 1. The Morgan fingerprint density at radius 2 is 1.95 bits per heavy atom. The molecule has 0 unspecified atom stereocenters. The first kappa shape index (κ1) is 16.8. The van der Waals surface area contributed by atoms with Crippen LogP contribution in [0.5, 0.6) is 0 Å². The Bertz CT molecular complexity index is 375. The number of carbonyl (C=O) groups excluding carboxylic acids is 2. The first-order valence-corrected chi connectivity index (χ1v) is 7.22. The van der Waals surface area contributed by atoms with E-state index in [9.17, 15) is 9.59 Å². The summed E-state index contributed by atoms with van der Waals surface area (Å²) in [5.41, 5.74) is -1.01. The van der Waals surface area contributed by atoms with E-state index in [4.69, 9.17) is 9.47 Å². The van der Waals surface area contributed by atoms with E-state index >= 15 is 0 Å². The van der Waals surface area contributed by atoms with Crippen LogP contribution in [0.4, 0.5) is 4.79 Å². The molecule has 0 aromatic rings. The highest BCUT2D eigenvalue weighted by atomic mass is 16.6. The molecule has 1 amide bonds. The lowest BCUT2D eigenvalue weighted by molar-refractivity contribution is -0.155. The molecule has 0 bridgehead atoms. The van der Waals surface area contributed by atoms with Crippen LogP contribution in [-0.2, 0) is 14.3 Å². The van der Waals surface area contributed by atoms with Gasteiger partial charge in [0, 0.05) is 6.04 Å². The summed E-state index contributed by atoms with van der Waals surface area (Å²) in [6, 6.07) is -0.0427. The maximum Gasteiger partial charge on any atom is 0.407 e. The van der Waals surface area contributed by atoms with Crippen molar-refractivity contribution in [3.63, 3.8) is 0 Å². The summed E-state index contributed by atoms with van der Waals surface area (Å²) in [4.78, 5) is 23.9. The molecule has 0 aromatic carbocycles. The SMILES string of the molecule is CC[C@@]1(C(=O)OC)C[C@H](NC(=O)OC(C)(C)C)C[C@@H]1C. The molecule has 1 aliphatic rings. The van der Waals surface area contributed by atoms with Crippen molar-refractivity contribution in [3.05, 3.63) is 0 Å². The third-order valence-corrected chi connectivity index (χ3v) is 4.14. The monoisotopic (exact) mass is 285 g/mol. The molecule has 0 spiro atoms. The number of carbonyl (C=O) groups is 2. The molecule has 5 heteroatoms. The molecule has 20 heavy (non-hydrogen) atoms. The lowest BCUT2D eigenvalue weighted by Gasteiger charge is -2.29. The predicted molar refractivity (Wildman–Crippen MR) is 76.3 cm³/mol. The number of esters is 1. The van der Waals surface area contributed by atoms with E-state index in [0.717, 1.165) is 6.42 Å². The van der Waals surface area contributed by atoms with Gasteiger partial charge in [0.25, 0.3) is 0 Å². The summed E-state index contributed by atoms with van der Waals surface area (Å²) in [5.74, 6) is 0.000811. The van der Waals surface area contributed by atoms with Gasteiger partial charge >= 0.3 is 12.1 Å². The standard InChI is InChI=1S/C15H27NO4/c1-7-15(12(17)19-6)9-11(8-10(15)2)16-13(18)20-14(3,4)5/h10-11H,7-9H2,1-6H3,(H,16,18)/t10-,11+,15+/m0/s1. The Hall–Kier alpha value is -1.26. The van der Waals surface area contributed by atoms with Gasteiger partial charge in [0.05, 0.1) is 12.5 Å². The maximum absolute atomic E-state index is 12.1. The highest BCUT2D eigenvalue weighted by Gasteiger charge is 2.50. The molecule has 0 aromatic heterocycles.